The highest BCUT2D eigenvalue weighted by atomic mass is 19.1. The second-order valence-corrected chi connectivity index (χ2v) is 9.53. The Labute approximate surface area is 137 Å². The van der Waals surface area contributed by atoms with Gasteiger partial charge in [0.05, 0.1) is 6.10 Å². The SMILES string of the molecule is C[C@]12CCC(=O)C(F)=C1CC[C@@H]1[C@@H]2CC[C@]2(C)[C@H](O)C[C@H]3C[C@@]312. The lowest BCUT2D eigenvalue weighted by molar-refractivity contribution is -0.123. The summed E-state index contributed by atoms with van der Waals surface area (Å²) >= 11 is 0. The number of hydrogen-bond acceptors (Lipinski definition) is 2. The van der Waals surface area contributed by atoms with Gasteiger partial charge in [-0.25, -0.2) is 4.39 Å². The fourth-order valence-corrected chi connectivity index (χ4v) is 7.85. The largest absolute Gasteiger partial charge is 0.393 e. The highest BCUT2D eigenvalue weighted by Gasteiger charge is 2.77. The molecule has 0 aliphatic heterocycles. The Morgan fingerprint density at radius 3 is 2.70 bits per heavy atom. The maximum absolute atomic E-state index is 14.5. The van der Waals surface area contributed by atoms with Crippen LogP contribution in [-0.2, 0) is 4.79 Å². The molecule has 5 rings (SSSR count). The van der Waals surface area contributed by atoms with Gasteiger partial charge in [0, 0.05) is 6.42 Å². The molecular formula is C20H27FO2. The van der Waals surface area contributed by atoms with Crippen molar-refractivity contribution >= 4 is 5.78 Å². The van der Waals surface area contributed by atoms with Crippen LogP contribution in [0.3, 0.4) is 0 Å². The molecule has 0 aromatic carbocycles. The van der Waals surface area contributed by atoms with Crippen molar-refractivity contribution < 1.29 is 14.3 Å². The minimum Gasteiger partial charge on any atom is -0.393 e. The maximum Gasteiger partial charge on any atom is 0.191 e. The molecule has 5 aliphatic carbocycles. The highest BCUT2D eigenvalue weighted by Crippen LogP contribution is 2.82. The van der Waals surface area contributed by atoms with Crippen molar-refractivity contribution in [3.05, 3.63) is 11.4 Å². The van der Waals surface area contributed by atoms with E-state index in [2.05, 4.69) is 13.8 Å². The van der Waals surface area contributed by atoms with Gasteiger partial charge in [-0.3, -0.25) is 4.79 Å². The summed E-state index contributed by atoms with van der Waals surface area (Å²) in [5.74, 6) is 1.16. The van der Waals surface area contributed by atoms with Crippen LogP contribution in [0.25, 0.3) is 0 Å². The van der Waals surface area contributed by atoms with Crippen LogP contribution in [-0.4, -0.2) is 17.0 Å². The van der Waals surface area contributed by atoms with Crippen LogP contribution >= 0.6 is 0 Å². The van der Waals surface area contributed by atoms with E-state index in [-0.39, 0.29) is 22.7 Å². The van der Waals surface area contributed by atoms with Gasteiger partial charge in [-0.1, -0.05) is 13.8 Å². The van der Waals surface area contributed by atoms with E-state index in [4.69, 9.17) is 0 Å². The van der Waals surface area contributed by atoms with Crippen molar-refractivity contribution in [2.75, 3.05) is 0 Å². The van der Waals surface area contributed by atoms with Crippen molar-refractivity contribution in [3.63, 3.8) is 0 Å². The molecule has 0 saturated heterocycles. The van der Waals surface area contributed by atoms with Crippen LogP contribution in [0.5, 0.6) is 0 Å². The molecule has 0 heterocycles. The van der Waals surface area contributed by atoms with E-state index < -0.39 is 5.83 Å². The summed E-state index contributed by atoms with van der Waals surface area (Å²) in [5, 5.41) is 10.6. The molecule has 23 heavy (non-hydrogen) atoms. The molecule has 2 nitrogen and oxygen atoms in total. The van der Waals surface area contributed by atoms with E-state index in [9.17, 15) is 14.3 Å². The quantitative estimate of drug-likeness (QED) is 0.727. The Bertz CT molecular complexity index is 640. The second kappa shape index (κ2) is 4.09. The summed E-state index contributed by atoms with van der Waals surface area (Å²) in [6.45, 7) is 4.55. The van der Waals surface area contributed by atoms with Gasteiger partial charge < -0.3 is 5.11 Å². The summed E-state index contributed by atoms with van der Waals surface area (Å²) in [6.07, 6.45) is 7.27. The predicted octanol–water partition coefficient (Wildman–Crippen LogP) is 4.18. The first kappa shape index (κ1) is 14.6. The molecule has 1 N–H and O–H groups in total. The Hall–Kier alpha value is -0.700. The zero-order valence-corrected chi connectivity index (χ0v) is 14.2. The molecule has 4 fully saturated rings. The maximum atomic E-state index is 14.5. The molecule has 0 aromatic heterocycles. The van der Waals surface area contributed by atoms with Gasteiger partial charge in [-0.15, -0.1) is 0 Å². The third-order valence-electron chi connectivity index (χ3n) is 9.18. The zero-order valence-electron chi connectivity index (χ0n) is 14.2. The summed E-state index contributed by atoms with van der Waals surface area (Å²) in [6, 6.07) is 0. The van der Waals surface area contributed by atoms with Crippen LogP contribution in [0, 0.1) is 34.0 Å². The zero-order chi connectivity index (χ0) is 16.2. The summed E-state index contributed by atoms with van der Waals surface area (Å²) in [4.78, 5) is 11.8. The molecule has 0 bridgehead atoms. The monoisotopic (exact) mass is 318 g/mol. The average Bonchev–Trinajstić information content (AvgIpc) is 3.17. The third-order valence-corrected chi connectivity index (χ3v) is 9.18. The van der Waals surface area contributed by atoms with E-state index in [1.165, 1.54) is 6.42 Å². The van der Waals surface area contributed by atoms with Crippen LogP contribution in [0.15, 0.2) is 11.4 Å². The number of allylic oxidation sites excluding steroid dienone is 1. The summed E-state index contributed by atoms with van der Waals surface area (Å²) < 4.78 is 14.5. The number of ketones is 1. The van der Waals surface area contributed by atoms with Gasteiger partial charge in [0.2, 0.25) is 0 Å². The Morgan fingerprint density at radius 2 is 1.91 bits per heavy atom. The molecule has 3 heteroatoms. The van der Waals surface area contributed by atoms with E-state index in [1.54, 1.807) is 0 Å². The molecule has 5 aliphatic rings. The van der Waals surface area contributed by atoms with Crippen LogP contribution in [0.1, 0.15) is 65.2 Å². The number of carbonyl (C=O) groups excluding carboxylic acids is 1. The second-order valence-electron chi connectivity index (χ2n) is 9.53. The Morgan fingerprint density at radius 1 is 1.13 bits per heavy atom. The minimum atomic E-state index is -0.401. The molecule has 0 unspecified atom stereocenters. The first-order valence-corrected chi connectivity index (χ1v) is 9.45. The predicted molar refractivity (Wildman–Crippen MR) is 85.2 cm³/mol. The number of aliphatic hydroxyl groups excluding tert-OH is 1. The van der Waals surface area contributed by atoms with Crippen molar-refractivity contribution in [3.8, 4) is 0 Å². The number of rotatable bonds is 0. The van der Waals surface area contributed by atoms with Gasteiger partial charge in [0.25, 0.3) is 0 Å². The third kappa shape index (κ3) is 1.44. The van der Waals surface area contributed by atoms with Gasteiger partial charge in [0.15, 0.2) is 11.6 Å². The Kier molecular flexibility index (Phi) is 2.60. The van der Waals surface area contributed by atoms with E-state index in [0.29, 0.717) is 29.6 Å². The topological polar surface area (TPSA) is 37.3 Å². The number of halogens is 1. The normalized spacial score (nSPS) is 57.5. The summed E-state index contributed by atoms with van der Waals surface area (Å²) in [7, 11) is 0. The average molecular weight is 318 g/mol. The van der Waals surface area contributed by atoms with Gasteiger partial charge in [0.1, 0.15) is 0 Å². The smallest absolute Gasteiger partial charge is 0.191 e. The lowest BCUT2D eigenvalue weighted by Crippen LogP contribution is -2.54. The summed E-state index contributed by atoms with van der Waals surface area (Å²) in [5.41, 5.74) is 1.13. The molecular weight excluding hydrogens is 291 g/mol. The van der Waals surface area contributed by atoms with Crippen molar-refractivity contribution in [1.82, 2.24) is 0 Å². The van der Waals surface area contributed by atoms with Gasteiger partial charge >= 0.3 is 0 Å². The van der Waals surface area contributed by atoms with Crippen LogP contribution < -0.4 is 0 Å². The lowest BCUT2D eigenvalue weighted by Gasteiger charge is -2.59. The number of hydrogen-bond donors (Lipinski definition) is 1. The number of aliphatic hydroxyl groups is 1. The van der Waals surface area contributed by atoms with E-state index >= 15 is 0 Å². The molecule has 0 amide bonds. The first-order chi connectivity index (χ1) is 10.8. The number of fused-ring (bicyclic) bond motifs is 3. The van der Waals surface area contributed by atoms with Crippen LogP contribution in [0.2, 0.25) is 0 Å². The van der Waals surface area contributed by atoms with E-state index in [1.807, 2.05) is 0 Å². The molecule has 0 aromatic rings. The van der Waals surface area contributed by atoms with Gasteiger partial charge in [-0.2, -0.15) is 0 Å². The van der Waals surface area contributed by atoms with Crippen molar-refractivity contribution in [2.24, 2.45) is 34.0 Å². The molecule has 0 radical (unpaired) electrons. The highest BCUT2D eigenvalue weighted by molar-refractivity contribution is 5.95. The Balaban J connectivity index is 1.59. The van der Waals surface area contributed by atoms with Crippen LogP contribution in [0.4, 0.5) is 4.39 Å². The molecule has 1 spiro atoms. The van der Waals surface area contributed by atoms with Crippen molar-refractivity contribution in [2.45, 2.75) is 71.3 Å². The first-order valence-electron chi connectivity index (χ1n) is 9.45. The minimum absolute atomic E-state index is 0.0828. The lowest BCUT2D eigenvalue weighted by atomic mass is 9.45. The van der Waals surface area contributed by atoms with Gasteiger partial charge in [-0.05, 0) is 84.5 Å². The molecule has 4 saturated carbocycles. The van der Waals surface area contributed by atoms with Crippen molar-refractivity contribution in [1.29, 1.82) is 0 Å². The molecule has 7 atom stereocenters. The number of Topliss-reactive ketones (excluding diaryl/α,β-unsaturated/α-hetero) is 1. The fraction of sp³-hybridized carbons (Fsp3) is 0.850. The fourth-order valence-electron chi connectivity index (χ4n) is 7.85. The standard InChI is InChI=1S/C20H27FO2/c1-18-7-6-15(22)17(21)14(18)4-3-13-12(18)5-8-19(2)16(23)9-11-10-20(11,13)19/h11-13,16,23H,3-10H2,1-2H3/t11-,12-,13+,16+,18+,19+,20+/m0/s1. The molecule has 126 valence electrons. The number of carbonyl (C=O) groups is 1. The van der Waals surface area contributed by atoms with E-state index in [0.717, 1.165) is 44.1 Å².